The monoisotopic (exact) mass is 290 g/mol. The molecule has 3 atom stereocenters. The van der Waals surface area contributed by atoms with Gasteiger partial charge in [-0.25, -0.2) is 0 Å². The number of hydrogen-bond donors (Lipinski definition) is 1. The molecule has 1 saturated heterocycles. The topological polar surface area (TPSA) is 46.3 Å². The molecule has 1 heterocycles. The number of carbonyl (C=O) groups is 1. The number of nitrogens with zero attached hydrogens (tertiary/aromatic N) is 1. The summed E-state index contributed by atoms with van der Waals surface area (Å²) in [5, 5.41) is 0. The zero-order chi connectivity index (χ0) is 13.7. The molecule has 1 aliphatic heterocycles. The minimum atomic E-state index is -0.314. The van der Waals surface area contributed by atoms with Crippen molar-refractivity contribution in [2.45, 2.75) is 59.4 Å². The number of likely N-dealkylation sites (tertiary alicyclic amines) is 1. The SMILES string of the molecule is CCC(C)C(N)C(=O)N1CCCC(C(C)C)CC1.Cl. The number of amides is 1. The Labute approximate surface area is 124 Å². The zero-order valence-corrected chi connectivity index (χ0v) is 13.7. The molecule has 4 heteroatoms. The van der Waals surface area contributed by atoms with Crippen LogP contribution in [0, 0.1) is 17.8 Å². The quantitative estimate of drug-likeness (QED) is 0.865. The first-order chi connectivity index (χ1) is 8.47. The molecule has 19 heavy (non-hydrogen) atoms. The minimum Gasteiger partial charge on any atom is -0.341 e. The van der Waals surface area contributed by atoms with E-state index in [-0.39, 0.29) is 30.3 Å². The maximum atomic E-state index is 12.3. The van der Waals surface area contributed by atoms with Crippen molar-refractivity contribution in [1.82, 2.24) is 4.90 Å². The fourth-order valence-electron chi connectivity index (χ4n) is 2.72. The number of nitrogens with two attached hydrogens (primary N) is 1. The maximum Gasteiger partial charge on any atom is 0.239 e. The molecule has 0 aromatic rings. The Kier molecular flexibility index (Phi) is 8.67. The number of rotatable bonds is 4. The molecule has 0 bridgehead atoms. The lowest BCUT2D eigenvalue weighted by Gasteiger charge is -2.27. The molecular formula is C15H31ClN2O. The highest BCUT2D eigenvalue weighted by Crippen LogP contribution is 2.25. The van der Waals surface area contributed by atoms with Crippen LogP contribution < -0.4 is 5.73 Å². The fourth-order valence-corrected chi connectivity index (χ4v) is 2.72. The molecule has 0 radical (unpaired) electrons. The fraction of sp³-hybridized carbons (Fsp3) is 0.933. The molecule has 1 fully saturated rings. The molecule has 2 N–H and O–H groups in total. The van der Waals surface area contributed by atoms with Gasteiger partial charge in [-0.3, -0.25) is 4.79 Å². The van der Waals surface area contributed by atoms with Crippen LogP contribution in [0.2, 0.25) is 0 Å². The van der Waals surface area contributed by atoms with Crippen LogP contribution in [0.25, 0.3) is 0 Å². The molecule has 0 aromatic carbocycles. The van der Waals surface area contributed by atoms with Crippen LogP contribution >= 0.6 is 12.4 Å². The molecule has 0 aliphatic carbocycles. The van der Waals surface area contributed by atoms with E-state index in [1.54, 1.807) is 0 Å². The number of halogens is 1. The van der Waals surface area contributed by atoms with Gasteiger partial charge in [0.1, 0.15) is 0 Å². The van der Waals surface area contributed by atoms with E-state index < -0.39 is 0 Å². The third-order valence-corrected chi connectivity index (χ3v) is 4.57. The molecular weight excluding hydrogens is 260 g/mol. The third kappa shape index (κ3) is 5.31. The Morgan fingerprint density at radius 2 is 1.89 bits per heavy atom. The summed E-state index contributed by atoms with van der Waals surface area (Å²) in [5.41, 5.74) is 6.06. The van der Waals surface area contributed by atoms with Crippen molar-refractivity contribution >= 4 is 18.3 Å². The van der Waals surface area contributed by atoms with Gasteiger partial charge in [0.05, 0.1) is 6.04 Å². The van der Waals surface area contributed by atoms with Crippen molar-refractivity contribution in [1.29, 1.82) is 0 Å². The normalized spacial score (nSPS) is 23.5. The zero-order valence-electron chi connectivity index (χ0n) is 12.9. The van der Waals surface area contributed by atoms with E-state index in [2.05, 4.69) is 27.7 Å². The second-order valence-corrected chi connectivity index (χ2v) is 6.17. The van der Waals surface area contributed by atoms with E-state index in [9.17, 15) is 4.79 Å². The Morgan fingerprint density at radius 1 is 1.26 bits per heavy atom. The Morgan fingerprint density at radius 3 is 2.42 bits per heavy atom. The van der Waals surface area contributed by atoms with E-state index in [0.717, 1.165) is 44.2 Å². The van der Waals surface area contributed by atoms with Crippen LogP contribution in [0.3, 0.4) is 0 Å². The Balaban J connectivity index is 0.00000324. The summed E-state index contributed by atoms with van der Waals surface area (Å²) >= 11 is 0. The molecule has 0 aromatic heterocycles. The van der Waals surface area contributed by atoms with E-state index in [1.807, 2.05) is 4.90 Å². The summed E-state index contributed by atoms with van der Waals surface area (Å²) in [5.74, 6) is 1.93. The summed E-state index contributed by atoms with van der Waals surface area (Å²) in [6, 6.07) is -0.314. The van der Waals surface area contributed by atoms with Gasteiger partial charge < -0.3 is 10.6 Å². The average molecular weight is 291 g/mol. The maximum absolute atomic E-state index is 12.3. The van der Waals surface area contributed by atoms with Gasteiger partial charge in [-0.2, -0.15) is 0 Å². The van der Waals surface area contributed by atoms with Crippen molar-refractivity contribution in [2.24, 2.45) is 23.5 Å². The highest BCUT2D eigenvalue weighted by Gasteiger charge is 2.27. The van der Waals surface area contributed by atoms with Crippen LogP contribution in [0.1, 0.15) is 53.4 Å². The Bertz CT molecular complexity index is 271. The molecule has 1 amide bonds. The van der Waals surface area contributed by atoms with E-state index >= 15 is 0 Å². The first kappa shape index (κ1) is 18.7. The van der Waals surface area contributed by atoms with Crippen molar-refractivity contribution in [3.8, 4) is 0 Å². The van der Waals surface area contributed by atoms with Gasteiger partial charge in [0.25, 0.3) is 0 Å². The van der Waals surface area contributed by atoms with Gasteiger partial charge in [0, 0.05) is 13.1 Å². The van der Waals surface area contributed by atoms with Gasteiger partial charge >= 0.3 is 0 Å². The summed E-state index contributed by atoms with van der Waals surface area (Å²) in [7, 11) is 0. The van der Waals surface area contributed by atoms with Gasteiger partial charge in [0.2, 0.25) is 5.91 Å². The van der Waals surface area contributed by atoms with Crippen LogP contribution in [-0.2, 0) is 4.79 Å². The molecule has 0 saturated carbocycles. The smallest absolute Gasteiger partial charge is 0.239 e. The van der Waals surface area contributed by atoms with Crippen LogP contribution in [0.5, 0.6) is 0 Å². The summed E-state index contributed by atoms with van der Waals surface area (Å²) in [6.07, 6.45) is 4.48. The Hall–Kier alpha value is -0.280. The summed E-state index contributed by atoms with van der Waals surface area (Å²) in [4.78, 5) is 14.3. The second kappa shape index (κ2) is 8.80. The lowest BCUT2D eigenvalue weighted by molar-refractivity contribution is -0.133. The lowest BCUT2D eigenvalue weighted by Crippen LogP contribution is -2.47. The molecule has 0 spiro atoms. The first-order valence-electron chi connectivity index (χ1n) is 7.51. The van der Waals surface area contributed by atoms with Crippen molar-refractivity contribution in [3.05, 3.63) is 0 Å². The highest BCUT2D eigenvalue weighted by atomic mass is 35.5. The van der Waals surface area contributed by atoms with Gasteiger partial charge in [-0.1, -0.05) is 34.1 Å². The standard InChI is InChI=1S/C15H30N2O.ClH/c1-5-12(4)14(16)15(18)17-9-6-7-13(8-10-17)11(2)3;/h11-14H,5-10,16H2,1-4H3;1H. The van der Waals surface area contributed by atoms with Crippen molar-refractivity contribution in [3.63, 3.8) is 0 Å². The van der Waals surface area contributed by atoms with Crippen LogP contribution in [0.15, 0.2) is 0 Å². The van der Waals surface area contributed by atoms with Crippen LogP contribution in [-0.4, -0.2) is 29.9 Å². The number of carbonyl (C=O) groups excluding carboxylic acids is 1. The largest absolute Gasteiger partial charge is 0.341 e. The molecule has 1 rings (SSSR count). The van der Waals surface area contributed by atoms with Crippen molar-refractivity contribution < 1.29 is 4.79 Å². The predicted molar refractivity (Wildman–Crippen MR) is 83.4 cm³/mol. The van der Waals surface area contributed by atoms with E-state index in [0.29, 0.717) is 0 Å². The second-order valence-electron chi connectivity index (χ2n) is 6.17. The molecule has 114 valence electrons. The third-order valence-electron chi connectivity index (χ3n) is 4.57. The van der Waals surface area contributed by atoms with Crippen LogP contribution in [0.4, 0.5) is 0 Å². The average Bonchev–Trinajstić information content (AvgIpc) is 2.61. The van der Waals surface area contributed by atoms with Gasteiger partial charge in [0.15, 0.2) is 0 Å². The first-order valence-corrected chi connectivity index (χ1v) is 7.51. The van der Waals surface area contributed by atoms with Gasteiger partial charge in [-0.15, -0.1) is 12.4 Å². The summed E-state index contributed by atoms with van der Waals surface area (Å²) < 4.78 is 0. The van der Waals surface area contributed by atoms with Gasteiger partial charge in [-0.05, 0) is 37.0 Å². The highest BCUT2D eigenvalue weighted by molar-refractivity contribution is 5.85. The summed E-state index contributed by atoms with van der Waals surface area (Å²) in [6.45, 7) is 10.5. The molecule has 3 nitrogen and oxygen atoms in total. The van der Waals surface area contributed by atoms with E-state index in [1.165, 1.54) is 6.42 Å². The predicted octanol–water partition coefficient (Wildman–Crippen LogP) is 3.07. The number of hydrogen-bond acceptors (Lipinski definition) is 2. The van der Waals surface area contributed by atoms with Crippen molar-refractivity contribution in [2.75, 3.05) is 13.1 Å². The van der Waals surface area contributed by atoms with E-state index in [4.69, 9.17) is 5.73 Å². The minimum absolute atomic E-state index is 0. The lowest BCUT2D eigenvalue weighted by atomic mass is 9.89. The molecule has 1 aliphatic rings. The molecule has 3 unspecified atom stereocenters.